The quantitative estimate of drug-likeness (QED) is 0.916. The van der Waals surface area contributed by atoms with Crippen LogP contribution in [-0.4, -0.2) is 28.8 Å². The number of fused-ring (bicyclic) bond motifs is 1. The van der Waals surface area contributed by atoms with E-state index in [2.05, 4.69) is 16.6 Å². The lowest BCUT2D eigenvalue weighted by Crippen LogP contribution is -2.31. The van der Waals surface area contributed by atoms with Crippen molar-refractivity contribution in [2.75, 3.05) is 13.2 Å². The number of hydrogen-bond acceptors (Lipinski definition) is 4. The van der Waals surface area contributed by atoms with Gasteiger partial charge < -0.3 is 14.5 Å². The molecule has 0 radical (unpaired) electrons. The number of carbonyl (C=O) groups is 1. The van der Waals surface area contributed by atoms with Crippen molar-refractivity contribution in [1.29, 1.82) is 0 Å². The summed E-state index contributed by atoms with van der Waals surface area (Å²) < 4.78 is 12.9. The molecular formula is C16H19N3O3. The Kier molecular flexibility index (Phi) is 3.46. The molecule has 2 aromatic heterocycles. The molecule has 1 amide bonds. The summed E-state index contributed by atoms with van der Waals surface area (Å²) in [4.78, 5) is 11.9. The molecule has 22 heavy (non-hydrogen) atoms. The van der Waals surface area contributed by atoms with Gasteiger partial charge in [-0.1, -0.05) is 0 Å². The number of aromatic nitrogens is 2. The summed E-state index contributed by atoms with van der Waals surface area (Å²) in [5.74, 6) is 0.882. The predicted octanol–water partition coefficient (Wildman–Crippen LogP) is 1.93. The van der Waals surface area contributed by atoms with Crippen LogP contribution in [0.5, 0.6) is 0 Å². The maximum absolute atomic E-state index is 11.9. The average Bonchev–Trinajstić information content (AvgIpc) is 3.03. The first-order chi connectivity index (χ1) is 10.8. The minimum absolute atomic E-state index is 0.178. The number of rotatable bonds is 5. The van der Waals surface area contributed by atoms with Gasteiger partial charge in [-0.15, -0.1) is 0 Å². The fourth-order valence-electron chi connectivity index (χ4n) is 2.83. The first-order valence-corrected chi connectivity index (χ1v) is 7.79. The highest BCUT2D eigenvalue weighted by atomic mass is 16.5. The third kappa shape index (κ3) is 2.78. The lowest BCUT2D eigenvalue weighted by atomic mass is 10.1. The van der Waals surface area contributed by atoms with E-state index >= 15 is 0 Å². The van der Waals surface area contributed by atoms with Crippen molar-refractivity contribution in [3.8, 4) is 0 Å². The maximum atomic E-state index is 11.9. The van der Waals surface area contributed by atoms with Crippen molar-refractivity contribution in [2.45, 2.75) is 31.9 Å². The van der Waals surface area contributed by atoms with Crippen molar-refractivity contribution >= 4 is 5.91 Å². The second kappa shape index (κ2) is 5.61. The predicted molar refractivity (Wildman–Crippen MR) is 78.4 cm³/mol. The van der Waals surface area contributed by atoms with Crippen LogP contribution in [0.15, 0.2) is 29.0 Å². The summed E-state index contributed by atoms with van der Waals surface area (Å²) in [6, 6.07) is 3.34. The number of nitrogens with one attached hydrogen (secondary N) is 1. The molecule has 0 bridgehead atoms. The SMILES string of the molecule is O=C(NC[C@H]1OCCc2cn(CC3CC3)nc21)c1ccco1. The molecular weight excluding hydrogens is 282 g/mol. The van der Waals surface area contributed by atoms with E-state index in [4.69, 9.17) is 9.15 Å². The van der Waals surface area contributed by atoms with Gasteiger partial charge in [0.2, 0.25) is 0 Å². The Morgan fingerprint density at radius 3 is 3.14 bits per heavy atom. The second-order valence-corrected chi connectivity index (χ2v) is 6.00. The van der Waals surface area contributed by atoms with Crippen molar-refractivity contribution < 1.29 is 13.9 Å². The van der Waals surface area contributed by atoms with Gasteiger partial charge in [-0.3, -0.25) is 9.48 Å². The Morgan fingerprint density at radius 2 is 2.36 bits per heavy atom. The molecule has 116 valence electrons. The van der Waals surface area contributed by atoms with Crippen LogP contribution in [0, 0.1) is 5.92 Å². The first-order valence-electron chi connectivity index (χ1n) is 7.79. The van der Waals surface area contributed by atoms with Gasteiger partial charge in [0.1, 0.15) is 6.10 Å². The van der Waals surface area contributed by atoms with E-state index in [0.717, 1.165) is 24.6 Å². The summed E-state index contributed by atoms with van der Waals surface area (Å²) in [5, 5.41) is 7.52. The van der Waals surface area contributed by atoms with E-state index in [1.807, 2.05) is 4.68 Å². The van der Waals surface area contributed by atoms with Crippen molar-refractivity contribution in [1.82, 2.24) is 15.1 Å². The molecule has 0 aromatic carbocycles. The van der Waals surface area contributed by atoms with Gasteiger partial charge in [0.05, 0.1) is 18.6 Å². The van der Waals surface area contributed by atoms with Crippen molar-refractivity contribution in [3.05, 3.63) is 41.6 Å². The molecule has 0 spiro atoms. The Labute approximate surface area is 128 Å². The largest absolute Gasteiger partial charge is 0.459 e. The smallest absolute Gasteiger partial charge is 0.287 e. The van der Waals surface area contributed by atoms with Gasteiger partial charge in [-0.25, -0.2) is 0 Å². The van der Waals surface area contributed by atoms with Gasteiger partial charge >= 0.3 is 0 Å². The molecule has 1 atom stereocenters. The van der Waals surface area contributed by atoms with E-state index in [-0.39, 0.29) is 12.0 Å². The normalized spacial score (nSPS) is 20.6. The molecule has 1 N–H and O–H groups in total. The summed E-state index contributed by atoms with van der Waals surface area (Å²) in [7, 11) is 0. The van der Waals surface area contributed by atoms with Crippen molar-refractivity contribution in [3.63, 3.8) is 0 Å². The van der Waals surface area contributed by atoms with Gasteiger partial charge in [0.15, 0.2) is 5.76 Å². The van der Waals surface area contributed by atoms with Crippen LogP contribution < -0.4 is 5.32 Å². The topological polar surface area (TPSA) is 69.3 Å². The number of nitrogens with zero attached hydrogens (tertiary/aromatic N) is 2. The minimum atomic E-state index is -0.224. The Hall–Kier alpha value is -2.08. The van der Waals surface area contributed by atoms with E-state index in [1.54, 1.807) is 12.1 Å². The summed E-state index contributed by atoms with van der Waals surface area (Å²) in [6.45, 7) is 2.08. The molecule has 0 unspecified atom stereocenters. The van der Waals surface area contributed by atoms with Crippen molar-refractivity contribution in [2.24, 2.45) is 5.92 Å². The van der Waals surface area contributed by atoms with Crippen LogP contribution in [0.4, 0.5) is 0 Å². The molecule has 3 heterocycles. The highest BCUT2D eigenvalue weighted by molar-refractivity contribution is 5.91. The standard InChI is InChI=1S/C16H19N3O3/c20-16(13-2-1-6-21-13)17-8-14-15-12(5-7-22-14)10-19(18-15)9-11-3-4-11/h1-2,6,10-11,14H,3-5,7-9H2,(H,17,20)/t14-/m1/s1. The van der Waals surface area contributed by atoms with E-state index in [9.17, 15) is 4.79 Å². The minimum Gasteiger partial charge on any atom is -0.459 e. The van der Waals surface area contributed by atoms with Crippen LogP contribution in [-0.2, 0) is 17.7 Å². The van der Waals surface area contributed by atoms with Crippen LogP contribution in [0.3, 0.4) is 0 Å². The summed E-state index contributed by atoms with van der Waals surface area (Å²) in [5.41, 5.74) is 2.20. The molecule has 2 aromatic rings. The zero-order valence-electron chi connectivity index (χ0n) is 12.3. The first kappa shape index (κ1) is 13.6. The Morgan fingerprint density at radius 1 is 1.45 bits per heavy atom. The number of hydrogen-bond donors (Lipinski definition) is 1. The van der Waals surface area contributed by atoms with Gasteiger partial charge in [0, 0.05) is 19.3 Å². The summed E-state index contributed by atoms with van der Waals surface area (Å²) in [6.07, 6.45) is 6.96. The number of amides is 1. The maximum Gasteiger partial charge on any atom is 0.287 e. The zero-order chi connectivity index (χ0) is 14.9. The number of furan rings is 1. The van der Waals surface area contributed by atoms with Crippen LogP contribution in [0.25, 0.3) is 0 Å². The lowest BCUT2D eigenvalue weighted by molar-refractivity contribution is 0.0379. The van der Waals surface area contributed by atoms with E-state index < -0.39 is 0 Å². The van der Waals surface area contributed by atoms with Gasteiger partial charge in [0.25, 0.3) is 5.91 Å². The molecule has 6 nitrogen and oxygen atoms in total. The fourth-order valence-corrected chi connectivity index (χ4v) is 2.83. The fraction of sp³-hybridized carbons (Fsp3) is 0.500. The van der Waals surface area contributed by atoms with Gasteiger partial charge in [-0.2, -0.15) is 5.10 Å². The van der Waals surface area contributed by atoms with Gasteiger partial charge in [-0.05, 0) is 42.9 Å². The van der Waals surface area contributed by atoms with Crippen LogP contribution >= 0.6 is 0 Å². The molecule has 1 fully saturated rings. The molecule has 0 saturated heterocycles. The number of carbonyl (C=O) groups excluding carboxylic acids is 1. The highest BCUT2D eigenvalue weighted by Crippen LogP contribution is 2.32. The Balaban J connectivity index is 1.42. The molecule has 4 rings (SSSR count). The average molecular weight is 301 g/mol. The summed E-state index contributed by atoms with van der Waals surface area (Å²) >= 11 is 0. The Bertz CT molecular complexity index is 658. The third-order valence-corrected chi connectivity index (χ3v) is 4.20. The van der Waals surface area contributed by atoms with E-state index in [1.165, 1.54) is 24.7 Å². The molecule has 1 aliphatic carbocycles. The molecule has 2 aliphatic rings. The molecule has 6 heteroatoms. The highest BCUT2D eigenvalue weighted by Gasteiger charge is 2.27. The number of ether oxygens (including phenoxy) is 1. The zero-order valence-corrected chi connectivity index (χ0v) is 12.3. The molecule has 1 saturated carbocycles. The van der Waals surface area contributed by atoms with E-state index in [0.29, 0.717) is 18.9 Å². The van der Waals surface area contributed by atoms with Crippen LogP contribution in [0.1, 0.15) is 40.8 Å². The third-order valence-electron chi connectivity index (χ3n) is 4.20. The van der Waals surface area contributed by atoms with Crippen LogP contribution in [0.2, 0.25) is 0 Å². The monoisotopic (exact) mass is 301 g/mol. The lowest BCUT2D eigenvalue weighted by Gasteiger charge is -2.22. The second-order valence-electron chi connectivity index (χ2n) is 6.00. The molecule has 1 aliphatic heterocycles.